The van der Waals surface area contributed by atoms with Crippen LogP contribution in [0.15, 0.2) is 108 Å². The van der Waals surface area contributed by atoms with Crippen LogP contribution in [0.5, 0.6) is 0 Å². The fourth-order valence-corrected chi connectivity index (χ4v) is 4.60. The first-order valence-electron chi connectivity index (χ1n) is 12.4. The molecule has 6 aromatic rings. The lowest BCUT2D eigenvalue weighted by Crippen LogP contribution is -2.31. The Bertz CT molecular complexity index is 1740. The van der Waals surface area contributed by atoms with Gasteiger partial charge in [-0.3, -0.25) is 4.79 Å². The molecule has 7 nitrogen and oxygen atoms in total. The van der Waals surface area contributed by atoms with Gasteiger partial charge in [0.15, 0.2) is 0 Å². The van der Waals surface area contributed by atoms with E-state index in [0.29, 0.717) is 17.3 Å². The number of aromatic nitrogens is 4. The fourth-order valence-electron chi connectivity index (χ4n) is 4.60. The minimum absolute atomic E-state index is 0.205. The highest BCUT2D eigenvalue weighted by molar-refractivity contribution is 5.95. The number of nitrogens with zero attached hydrogens (tertiary/aromatic N) is 4. The van der Waals surface area contributed by atoms with E-state index in [1.54, 1.807) is 12.1 Å². The lowest BCUT2D eigenvalue weighted by atomic mass is 10.0. The van der Waals surface area contributed by atoms with Gasteiger partial charge in [0.1, 0.15) is 11.9 Å². The minimum Gasteiger partial charge on any atom is -0.416 e. The number of hydrogen-bond acceptors (Lipinski definition) is 5. The van der Waals surface area contributed by atoms with E-state index in [4.69, 9.17) is 9.40 Å². The van der Waals surface area contributed by atoms with Gasteiger partial charge in [0, 0.05) is 23.7 Å². The average molecular weight is 500 g/mol. The molecule has 0 spiro atoms. The summed E-state index contributed by atoms with van der Waals surface area (Å²) in [6.45, 7) is 2.00. The maximum Gasteiger partial charge on any atom is 0.252 e. The summed E-state index contributed by atoms with van der Waals surface area (Å²) in [5.74, 6) is 1.42. The molecule has 0 saturated carbocycles. The van der Waals surface area contributed by atoms with Crippen LogP contribution >= 0.6 is 0 Å². The van der Waals surface area contributed by atoms with Crippen LogP contribution in [-0.4, -0.2) is 25.7 Å². The molecule has 0 aliphatic rings. The Balaban J connectivity index is 1.27. The number of hydrogen-bond donors (Lipinski definition) is 1. The number of aryl methyl sites for hydroxylation is 2. The van der Waals surface area contributed by atoms with Crippen molar-refractivity contribution in [3.05, 3.63) is 126 Å². The molecule has 0 aliphatic heterocycles. The Labute approximate surface area is 219 Å². The van der Waals surface area contributed by atoms with Crippen LogP contribution in [-0.2, 0) is 7.05 Å². The van der Waals surface area contributed by atoms with E-state index in [9.17, 15) is 4.79 Å². The second-order valence-electron chi connectivity index (χ2n) is 9.14. The Morgan fingerprint density at radius 3 is 2.26 bits per heavy atom. The number of carbonyl (C=O) groups is 1. The van der Waals surface area contributed by atoms with Gasteiger partial charge in [0.25, 0.3) is 5.91 Å². The van der Waals surface area contributed by atoms with Crippen molar-refractivity contribution in [3.63, 3.8) is 0 Å². The molecule has 186 valence electrons. The fraction of sp³-hybridized carbons (Fsp3) is 0.0968. The second kappa shape index (κ2) is 9.78. The standard InChI is InChI=1S/C31H25N5O2/c1-20-10-6-7-13-24(20)31-35-34-30(38-31)23-18-16-22(17-19-23)29(37)33-27(21-11-4-3-5-12-21)28-32-25-14-8-9-15-26(25)36(28)2/h3-19,27H,1-2H3,(H,33,37). The number of amides is 1. The second-order valence-corrected chi connectivity index (χ2v) is 9.14. The molecule has 0 radical (unpaired) electrons. The molecule has 0 fully saturated rings. The zero-order valence-corrected chi connectivity index (χ0v) is 21.0. The van der Waals surface area contributed by atoms with Crippen LogP contribution < -0.4 is 5.32 Å². The molecule has 0 aliphatic carbocycles. The molecular weight excluding hydrogens is 474 g/mol. The molecular formula is C31H25N5O2. The van der Waals surface area contributed by atoms with Crippen molar-refractivity contribution >= 4 is 16.9 Å². The summed E-state index contributed by atoms with van der Waals surface area (Å²) in [6, 6.07) is 32.4. The van der Waals surface area contributed by atoms with E-state index in [2.05, 4.69) is 15.5 Å². The normalized spacial score (nSPS) is 11.9. The highest BCUT2D eigenvalue weighted by Crippen LogP contribution is 2.28. The third-order valence-corrected chi connectivity index (χ3v) is 6.68. The molecule has 4 aromatic carbocycles. The predicted molar refractivity (Wildman–Crippen MR) is 146 cm³/mol. The molecule has 1 N–H and O–H groups in total. The number of nitrogens with one attached hydrogen (secondary N) is 1. The van der Waals surface area contributed by atoms with E-state index in [1.807, 2.05) is 110 Å². The first-order chi connectivity index (χ1) is 18.6. The maximum absolute atomic E-state index is 13.4. The number of para-hydroxylation sites is 2. The van der Waals surface area contributed by atoms with Crippen LogP contribution in [0.2, 0.25) is 0 Å². The molecule has 0 saturated heterocycles. The van der Waals surface area contributed by atoms with E-state index < -0.39 is 6.04 Å². The molecule has 7 heteroatoms. The Morgan fingerprint density at radius 2 is 1.50 bits per heavy atom. The summed E-state index contributed by atoms with van der Waals surface area (Å²) in [6.07, 6.45) is 0. The summed E-state index contributed by atoms with van der Waals surface area (Å²) in [5.41, 5.74) is 6.06. The van der Waals surface area contributed by atoms with Crippen LogP contribution in [0, 0.1) is 6.92 Å². The molecule has 0 bridgehead atoms. The lowest BCUT2D eigenvalue weighted by molar-refractivity contribution is 0.0941. The first kappa shape index (κ1) is 23.4. The molecule has 2 aromatic heterocycles. The van der Waals surface area contributed by atoms with Gasteiger partial charge in [-0.25, -0.2) is 4.98 Å². The number of imidazole rings is 1. The predicted octanol–water partition coefficient (Wildman–Crippen LogP) is 6.12. The van der Waals surface area contributed by atoms with Crippen molar-refractivity contribution in [3.8, 4) is 22.9 Å². The molecule has 6 rings (SSSR count). The van der Waals surface area contributed by atoms with E-state index in [1.165, 1.54) is 0 Å². The topological polar surface area (TPSA) is 85.8 Å². The van der Waals surface area contributed by atoms with Gasteiger partial charge in [0.05, 0.1) is 11.0 Å². The largest absolute Gasteiger partial charge is 0.416 e. The van der Waals surface area contributed by atoms with Crippen LogP contribution in [0.4, 0.5) is 0 Å². The van der Waals surface area contributed by atoms with Crippen molar-refractivity contribution < 1.29 is 9.21 Å². The maximum atomic E-state index is 13.4. The summed E-state index contributed by atoms with van der Waals surface area (Å²) in [5, 5.41) is 11.6. The average Bonchev–Trinajstić information content (AvgIpc) is 3.58. The van der Waals surface area contributed by atoms with Gasteiger partial charge in [-0.1, -0.05) is 60.7 Å². The molecule has 1 unspecified atom stereocenters. The highest BCUT2D eigenvalue weighted by atomic mass is 16.4. The van der Waals surface area contributed by atoms with E-state index in [0.717, 1.165) is 39.1 Å². The van der Waals surface area contributed by atoms with Crippen molar-refractivity contribution in [2.75, 3.05) is 0 Å². The Hall–Kier alpha value is -5.04. The summed E-state index contributed by atoms with van der Waals surface area (Å²) >= 11 is 0. The van der Waals surface area contributed by atoms with Gasteiger partial charge in [-0.05, 0) is 60.5 Å². The van der Waals surface area contributed by atoms with Crippen LogP contribution in [0.3, 0.4) is 0 Å². The summed E-state index contributed by atoms with van der Waals surface area (Å²) in [7, 11) is 1.97. The van der Waals surface area contributed by atoms with Gasteiger partial charge in [-0.2, -0.15) is 0 Å². The van der Waals surface area contributed by atoms with E-state index >= 15 is 0 Å². The summed E-state index contributed by atoms with van der Waals surface area (Å²) < 4.78 is 7.95. The van der Waals surface area contributed by atoms with Gasteiger partial charge < -0.3 is 14.3 Å². The number of rotatable bonds is 6. The molecule has 1 amide bonds. The van der Waals surface area contributed by atoms with Gasteiger partial charge >= 0.3 is 0 Å². The van der Waals surface area contributed by atoms with Gasteiger partial charge in [-0.15, -0.1) is 10.2 Å². The van der Waals surface area contributed by atoms with Crippen molar-refractivity contribution in [2.24, 2.45) is 7.05 Å². The van der Waals surface area contributed by atoms with E-state index in [-0.39, 0.29) is 5.91 Å². The van der Waals surface area contributed by atoms with Crippen molar-refractivity contribution in [1.82, 2.24) is 25.1 Å². The third kappa shape index (κ3) is 4.35. The van der Waals surface area contributed by atoms with Crippen molar-refractivity contribution in [2.45, 2.75) is 13.0 Å². The Kier molecular flexibility index (Phi) is 6.01. The lowest BCUT2D eigenvalue weighted by Gasteiger charge is -2.19. The highest BCUT2D eigenvalue weighted by Gasteiger charge is 2.23. The zero-order chi connectivity index (χ0) is 26.1. The minimum atomic E-state index is -0.423. The SMILES string of the molecule is Cc1ccccc1-c1nnc(-c2ccc(C(=O)NC(c3ccccc3)c3nc4ccccc4n3C)cc2)o1. The first-order valence-corrected chi connectivity index (χ1v) is 12.4. The van der Waals surface area contributed by atoms with Crippen molar-refractivity contribution in [1.29, 1.82) is 0 Å². The zero-order valence-electron chi connectivity index (χ0n) is 21.0. The van der Waals surface area contributed by atoms with Crippen LogP contribution in [0.25, 0.3) is 33.9 Å². The molecule has 1 atom stereocenters. The molecule has 2 heterocycles. The number of fused-ring (bicyclic) bond motifs is 1. The Morgan fingerprint density at radius 1 is 0.816 bits per heavy atom. The number of benzene rings is 4. The smallest absolute Gasteiger partial charge is 0.252 e. The van der Waals surface area contributed by atoms with Gasteiger partial charge in [0.2, 0.25) is 11.8 Å². The third-order valence-electron chi connectivity index (χ3n) is 6.68. The quantitative estimate of drug-likeness (QED) is 0.298. The monoisotopic (exact) mass is 499 g/mol. The molecule has 38 heavy (non-hydrogen) atoms. The van der Waals surface area contributed by atoms with Crippen LogP contribution in [0.1, 0.15) is 33.4 Å². The summed E-state index contributed by atoms with van der Waals surface area (Å²) in [4.78, 5) is 18.2. The number of carbonyl (C=O) groups excluding carboxylic acids is 1.